The minimum atomic E-state index is -0.279. The van der Waals surface area contributed by atoms with Crippen LogP contribution in [-0.4, -0.2) is 60.6 Å². The Morgan fingerprint density at radius 2 is 1.83 bits per heavy atom. The fourth-order valence-electron chi connectivity index (χ4n) is 2.45. The van der Waals surface area contributed by atoms with E-state index in [-0.39, 0.29) is 18.0 Å². The molecule has 1 aliphatic rings. The predicted octanol–water partition coefficient (Wildman–Crippen LogP) is 2.55. The van der Waals surface area contributed by atoms with Crippen LogP contribution in [0.1, 0.15) is 13.8 Å². The summed E-state index contributed by atoms with van der Waals surface area (Å²) in [5.41, 5.74) is 0.773. The maximum atomic E-state index is 12.3. The lowest BCUT2D eigenvalue weighted by Crippen LogP contribution is -2.54. The van der Waals surface area contributed by atoms with E-state index in [1.807, 2.05) is 31.2 Å². The summed E-state index contributed by atoms with van der Waals surface area (Å²) < 4.78 is 5.97. The molecule has 1 N–H and O–H groups in total. The summed E-state index contributed by atoms with van der Waals surface area (Å²) in [5, 5.41) is 2.91. The average Bonchev–Trinajstić information content (AvgIpc) is 2.56. The lowest BCUT2D eigenvalue weighted by Gasteiger charge is -2.36. The molecule has 1 atom stereocenters. The molecular weight excluding hydrogens is 362 g/mol. The molecule has 1 heterocycles. The van der Waals surface area contributed by atoms with Crippen LogP contribution in [0.5, 0.6) is 0 Å². The molecule has 1 saturated heterocycles. The predicted molar refractivity (Wildman–Crippen MR) is 92.4 cm³/mol. The number of piperazine rings is 1. The highest BCUT2D eigenvalue weighted by Crippen LogP contribution is 2.15. The molecule has 0 bridgehead atoms. The monoisotopic (exact) mass is 383 g/mol. The van der Waals surface area contributed by atoms with Gasteiger partial charge in [-0.2, -0.15) is 0 Å². The quantitative estimate of drug-likeness (QED) is 0.867. The summed E-state index contributed by atoms with van der Waals surface area (Å²) >= 11 is 3.37. The van der Waals surface area contributed by atoms with Gasteiger partial charge in [-0.15, -0.1) is 0 Å². The largest absolute Gasteiger partial charge is 0.450 e. The standard InChI is InChI=1S/C16H22BrN3O3/c1-3-23-16(22)20-10-8-19(9-11-20)12(2)15(21)18-14-6-4-13(17)5-7-14/h4-7,12H,3,8-11H2,1-2H3,(H,18,21). The second kappa shape index (κ2) is 8.31. The maximum absolute atomic E-state index is 12.3. The smallest absolute Gasteiger partial charge is 0.409 e. The summed E-state index contributed by atoms with van der Waals surface area (Å²) in [6.45, 7) is 6.53. The molecule has 0 radical (unpaired) electrons. The van der Waals surface area contributed by atoms with Crippen LogP contribution >= 0.6 is 15.9 Å². The van der Waals surface area contributed by atoms with Crippen molar-refractivity contribution < 1.29 is 14.3 Å². The minimum absolute atomic E-state index is 0.0445. The van der Waals surface area contributed by atoms with Crippen LogP contribution in [-0.2, 0) is 9.53 Å². The van der Waals surface area contributed by atoms with Crippen LogP contribution in [0.2, 0.25) is 0 Å². The fraction of sp³-hybridized carbons (Fsp3) is 0.500. The van der Waals surface area contributed by atoms with E-state index < -0.39 is 0 Å². The van der Waals surface area contributed by atoms with Gasteiger partial charge in [0.2, 0.25) is 5.91 Å². The van der Waals surface area contributed by atoms with Crippen molar-refractivity contribution in [2.75, 3.05) is 38.1 Å². The van der Waals surface area contributed by atoms with Gasteiger partial charge in [-0.05, 0) is 38.1 Å². The van der Waals surface area contributed by atoms with Crippen LogP contribution in [0.3, 0.4) is 0 Å². The lowest BCUT2D eigenvalue weighted by atomic mass is 10.2. The molecule has 7 heteroatoms. The number of nitrogens with zero attached hydrogens (tertiary/aromatic N) is 2. The van der Waals surface area contributed by atoms with E-state index >= 15 is 0 Å². The molecule has 0 spiro atoms. The van der Waals surface area contributed by atoms with Gasteiger partial charge < -0.3 is 15.0 Å². The molecule has 1 unspecified atom stereocenters. The number of benzene rings is 1. The molecule has 1 aromatic rings. The summed E-state index contributed by atoms with van der Waals surface area (Å²) in [6.07, 6.45) is -0.279. The van der Waals surface area contributed by atoms with E-state index in [2.05, 4.69) is 26.1 Å². The zero-order valence-corrected chi connectivity index (χ0v) is 15.0. The molecule has 1 aromatic carbocycles. The number of rotatable bonds is 4. The highest BCUT2D eigenvalue weighted by molar-refractivity contribution is 9.10. The molecule has 1 aliphatic heterocycles. The van der Waals surface area contributed by atoms with E-state index in [1.165, 1.54) is 0 Å². The highest BCUT2D eigenvalue weighted by Gasteiger charge is 2.27. The third kappa shape index (κ3) is 4.94. The van der Waals surface area contributed by atoms with Crippen molar-refractivity contribution in [2.45, 2.75) is 19.9 Å². The topological polar surface area (TPSA) is 61.9 Å². The summed E-state index contributed by atoms with van der Waals surface area (Å²) in [7, 11) is 0. The van der Waals surface area contributed by atoms with Gasteiger partial charge >= 0.3 is 6.09 Å². The summed E-state index contributed by atoms with van der Waals surface area (Å²) in [5.74, 6) is -0.0445. The Bertz CT molecular complexity index is 542. The molecular formula is C16H22BrN3O3. The van der Waals surface area contributed by atoms with Crippen LogP contribution in [0.15, 0.2) is 28.7 Å². The van der Waals surface area contributed by atoms with Crippen molar-refractivity contribution in [1.82, 2.24) is 9.80 Å². The van der Waals surface area contributed by atoms with Crippen molar-refractivity contribution in [3.8, 4) is 0 Å². The molecule has 0 saturated carbocycles. The number of nitrogens with one attached hydrogen (secondary N) is 1. The summed E-state index contributed by atoms with van der Waals surface area (Å²) in [6, 6.07) is 7.24. The molecule has 6 nitrogen and oxygen atoms in total. The van der Waals surface area contributed by atoms with Gasteiger partial charge in [-0.1, -0.05) is 15.9 Å². The Labute approximate surface area is 144 Å². The zero-order valence-electron chi connectivity index (χ0n) is 13.4. The number of hydrogen-bond donors (Lipinski definition) is 1. The normalized spacial score (nSPS) is 16.7. The number of hydrogen-bond acceptors (Lipinski definition) is 4. The molecule has 0 aromatic heterocycles. The van der Waals surface area contributed by atoms with Gasteiger partial charge in [0.1, 0.15) is 0 Å². The third-order valence-corrected chi connectivity index (χ3v) is 4.41. The average molecular weight is 384 g/mol. The Kier molecular flexibility index (Phi) is 6.41. The van der Waals surface area contributed by atoms with E-state index in [0.717, 1.165) is 10.2 Å². The SMILES string of the molecule is CCOC(=O)N1CCN(C(C)C(=O)Nc2ccc(Br)cc2)CC1. The van der Waals surface area contributed by atoms with Crippen molar-refractivity contribution >= 4 is 33.6 Å². The molecule has 23 heavy (non-hydrogen) atoms. The molecule has 126 valence electrons. The number of ether oxygens (including phenoxy) is 1. The van der Waals surface area contributed by atoms with Crippen molar-refractivity contribution in [3.63, 3.8) is 0 Å². The van der Waals surface area contributed by atoms with Crippen molar-refractivity contribution in [2.24, 2.45) is 0 Å². The Morgan fingerprint density at radius 1 is 1.22 bits per heavy atom. The third-order valence-electron chi connectivity index (χ3n) is 3.88. The van der Waals surface area contributed by atoms with Crippen molar-refractivity contribution in [1.29, 1.82) is 0 Å². The molecule has 0 aliphatic carbocycles. The van der Waals surface area contributed by atoms with Gasteiger partial charge in [-0.25, -0.2) is 4.79 Å². The van der Waals surface area contributed by atoms with Gasteiger partial charge in [0.15, 0.2) is 0 Å². The summed E-state index contributed by atoms with van der Waals surface area (Å²) in [4.78, 5) is 27.8. The van der Waals surface area contributed by atoms with Crippen molar-refractivity contribution in [3.05, 3.63) is 28.7 Å². The number of halogens is 1. The maximum Gasteiger partial charge on any atom is 0.409 e. The van der Waals surface area contributed by atoms with Crippen LogP contribution in [0, 0.1) is 0 Å². The van der Waals surface area contributed by atoms with E-state index in [9.17, 15) is 9.59 Å². The zero-order chi connectivity index (χ0) is 16.8. The Hall–Kier alpha value is -1.60. The van der Waals surface area contributed by atoms with Gasteiger partial charge in [-0.3, -0.25) is 9.69 Å². The second-order valence-electron chi connectivity index (χ2n) is 5.39. The highest BCUT2D eigenvalue weighted by atomic mass is 79.9. The molecule has 2 rings (SSSR count). The van der Waals surface area contributed by atoms with E-state index in [4.69, 9.17) is 4.74 Å². The van der Waals surface area contributed by atoms with Crippen LogP contribution < -0.4 is 5.32 Å². The number of carbonyl (C=O) groups excluding carboxylic acids is 2. The minimum Gasteiger partial charge on any atom is -0.450 e. The Morgan fingerprint density at radius 3 is 2.39 bits per heavy atom. The Balaban J connectivity index is 1.84. The lowest BCUT2D eigenvalue weighted by molar-refractivity contribution is -0.121. The second-order valence-corrected chi connectivity index (χ2v) is 6.31. The van der Waals surface area contributed by atoms with E-state index in [1.54, 1.807) is 11.8 Å². The molecule has 1 fully saturated rings. The fourth-order valence-corrected chi connectivity index (χ4v) is 2.72. The van der Waals surface area contributed by atoms with Crippen LogP contribution in [0.4, 0.5) is 10.5 Å². The number of carbonyl (C=O) groups is 2. The first-order valence-electron chi connectivity index (χ1n) is 7.73. The van der Waals surface area contributed by atoms with E-state index in [0.29, 0.717) is 32.8 Å². The first-order valence-corrected chi connectivity index (χ1v) is 8.52. The van der Waals surface area contributed by atoms with Gasteiger partial charge in [0.25, 0.3) is 0 Å². The molecule has 2 amide bonds. The number of amides is 2. The first kappa shape index (κ1) is 17.7. The van der Waals surface area contributed by atoms with Gasteiger partial charge in [0, 0.05) is 36.3 Å². The van der Waals surface area contributed by atoms with Crippen LogP contribution in [0.25, 0.3) is 0 Å². The van der Waals surface area contributed by atoms with Gasteiger partial charge in [0.05, 0.1) is 12.6 Å². The first-order chi connectivity index (χ1) is 11.0. The number of anilines is 1.